The van der Waals surface area contributed by atoms with E-state index in [0.717, 1.165) is 11.3 Å². The summed E-state index contributed by atoms with van der Waals surface area (Å²) in [6.45, 7) is 0. The molecule has 0 radical (unpaired) electrons. The van der Waals surface area contributed by atoms with Crippen molar-refractivity contribution < 1.29 is 9.21 Å². The van der Waals surface area contributed by atoms with E-state index in [2.05, 4.69) is 10.5 Å². The molecule has 0 aliphatic rings. The molecule has 1 amide bonds. The van der Waals surface area contributed by atoms with Gasteiger partial charge in [0.2, 0.25) is 0 Å². The van der Waals surface area contributed by atoms with Gasteiger partial charge in [-0.15, -0.1) is 0 Å². The summed E-state index contributed by atoms with van der Waals surface area (Å²) in [6.07, 6.45) is 1.17. The first-order valence-corrected chi connectivity index (χ1v) is 5.63. The van der Waals surface area contributed by atoms with Gasteiger partial charge >= 0.3 is 0 Å². The summed E-state index contributed by atoms with van der Waals surface area (Å²) >= 11 is 0. The second-order valence-corrected chi connectivity index (χ2v) is 3.70. The minimum Gasteiger partial charge on any atom is -0.455 e. The van der Waals surface area contributed by atoms with Crippen LogP contribution in [0.4, 0.5) is 0 Å². The molecule has 2 aromatic rings. The number of nitrogens with zero attached hydrogens (tertiary/aromatic N) is 2. The van der Waals surface area contributed by atoms with Gasteiger partial charge in [-0.05, 0) is 12.1 Å². The minimum absolute atomic E-state index is 0.217. The van der Waals surface area contributed by atoms with Crippen LogP contribution in [0.25, 0.3) is 11.3 Å². The number of hydrogen-bond acceptors (Lipinski definition) is 4. The summed E-state index contributed by atoms with van der Waals surface area (Å²) in [5.41, 5.74) is 3.20. The molecule has 1 heterocycles. The van der Waals surface area contributed by atoms with Crippen LogP contribution in [0, 0.1) is 11.3 Å². The van der Waals surface area contributed by atoms with Crippen LogP contribution in [0.3, 0.4) is 0 Å². The Bertz CT molecular complexity index is 624. The summed E-state index contributed by atoms with van der Waals surface area (Å²) in [7, 11) is 0. The summed E-state index contributed by atoms with van der Waals surface area (Å²) in [4.78, 5) is 11.0. The van der Waals surface area contributed by atoms with Crippen LogP contribution in [-0.4, -0.2) is 12.1 Å². The maximum absolute atomic E-state index is 11.0. The predicted octanol–water partition coefficient (Wildman–Crippen LogP) is 2.31. The number of carbonyl (C=O) groups is 1. The number of benzene rings is 1. The predicted molar refractivity (Wildman–Crippen MR) is 70.1 cm³/mol. The lowest BCUT2D eigenvalue weighted by molar-refractivity contribution is -0.120. The van der Waals surface area contributed by atoms with Crippen molar-refractivity contribution in [1.82, 2.24) is 5.43 Å². The number of rotatable bonds is 4. The molecule has 2 rings (SSSR count). The Kier molecular flexibility index (Phi) is 4.09. The highest BCUT2D eigenvalue weighted by Crippen LogP contribution is 2.20. The van der Waals surface area contributed by atoms with Crippen molar-refractivity contribution in [2.24, 2.45) is 5.10 Å². The van der Waals surface area contributed by atoms with Crippen molar-refractivity contribution in [2.45, 2.75) is 6.42 Å². The topological polar surface area (TPSA) is 78.4 Å². The van der Waals surface area contributed by atoms with Crippen LogP contribution in [0.5, 0.6) is 0 Å². The van der Waals surface area contributed by atoms with Crippen molar-refractivity contribution in [3.63, 3.8) is 0 Å². The number of hydrogen-bond donors (Lipinski definition) is 1. The molecule has 0 spiro atoms. The summed E-state index contributed by atoms with van der Waals surface area (Å²) in [5, 5.41) is 12.0. The second-order valence-electron chi connectivity index (χ2n) is 3.70. The average Bonchev–Trinajstić information content (AvgIpc) is 2.89. The van der Waals surface area contributed by atoms with Gasteiger partial charge in [-0.2, -0.15) is 10.4 Å². The van der Waals surface area contributed by atoms with E-state index in [1.165, 1.54) is 6.21 Å². The third kappa shape index (κ3) is 3.54. The summed E-state index contributed by atoms with van der Waals surface area (Å²) in [6, 6.07) is 15.0. The van der Waals surface area contributed by atoms with Gasteiger partial charge < -0.3 is 4.42 Å². The monoisotopic (exact) mass is 253 g/mol. The lowest BCUT2D eigenvalue weighted by Gasteiger charge is -1.94. The molecule has 5 heteroatoms. The van der Waals surface area contributed by atoms with Crippen LogP contribution in [0.2, 0.25) is 0 Å². The number of furan rings is 1. The Labute approximate surface area is 110 Å². The van der Waals surface area contributed by atoms with Gasteiger partial charge in [0.1, 0.15) is 17.9 Å². The standard InChI is InChI=1S/C14H11N3O2/c15-9-8-14(18)17-16-10-12-6-7-13(19-12)11-4-2-1-3-5-11/h1-7,10H,8H2,(H,17,18). The maximum Gasteiger partial charge on any atom is 0.254 e. The zero-order valence-electron chi connectivity index (χ0n) is 10.0. The molecule has 1 aromatic carbocycles. The van der Waals surface area contributed by atoms with E-state index < -0.39 is 5.91 Å². The molecule has 0 fully saturated rings. The second kappa shape index (κ2) is 6.17. The summed E-state index contributed by atoms with van der Waals surface area (Å²) < 4.78 is 5.55. The van der Waals surface area contributed by atoms with Crippen LogP contribution in [-0.2, 0) is 4.79 Å². The highest BCUT2D eigenvalue weighted by Gasteiger charge is 2.02. The molecule has 0 unspecified atom stereocenters. The van der Waals surface area contributed by atoms with Gasteiger partial charge in [0, 0.05) is 5.56 Å². The average molecular weight is 253 g/mol. The van der Waals surface area contributed by atoms with E-state index in [9.17, 15) is 4.79 Å². The van der Waals surface area contributed by atoms with Gasteiger partial charge in [-0.3, -0.25) is 4.79 Å². The van der Waals surface area contributed by atoms with Crippen LogP contribution < -0.4 is 5.43 Å². The van der Waals surface area contributed by atoms with E-state index in [-0.39, 0.29) is 6.42 Å². The maximum atomic E-state index is 11.0. The molecule has 94 valence electrons. The first kappa shape index (κ1) is 12.6. The van der Waals surface area contributed by atoms with E-state index in [4.69, 9.17) is 9.68 Å². The van der Waals surface area contributed by atoms with E-state index >= 15 is 0 Å². The fourth-order valence-electron chi connectivity index (χ4n) is 1.46. The van der Waals surface area contributed by atoms with Crippen molar-refractivity contribution in [3.05, 3.63) is 48.2 Å². The van der Waals surface area contributed by atoms with Crippen LogP contribution >= 0.6 is 0 Å². The molecule has 0 saturated carbocycles. The Morgan fingerprint density at radius 1 is 1.32 bits per heavy atom. The van der Waals surface area contributed by atoms with Crippen LogP contribution in [0.1, 0.15) is 12.2 Å². The fourth-order valence-corrected chi connectivity index (χ4v) is 1.46. The van der Waals surface area contributed by atoms with Gasteiger partial charge in [-0.25, -0.2) is 5.43 Å². The molecule has 1 aromatic heterocycles. The number of nitrogens with one attached hydrogen (secondary N) is 1. The lowest BCUT2D eigenvalue weighted by atomic mass is 10.2. The lowest BCUT2D eigenvalue weighted by Crippen LogP contribution is -2.15. The largest absolute Gasteiger partial charge is 0.455 e. The van der Waals surface area contributed by atoms with E-state index in [0.29, 0.717) is 5.76 Å². The van der Waals surface area contributed by atoms with Crippen molar-refractivity contribution >= 4 is 12.1 Å². The molecule has 19 heavy (non-hydrogen) atoms. The zero-order chi connectivity index (χ0) is 13.5. The third-order valence-electron chi connectivity index (χ3n) is 2.31. The molecule has 0 aliphatic heterocycles. The number of carbonyl (C=O) groups excluding carboxylic acids is 1. The SMILES string of the molecule is N#CCC(=O)NN=Cc1ccc(-c2ccccc2)o1. The quantitative estimate of drug-likeness (QED) is 0.670. The van der Waals surface area contributed by atoms with Gasteiger partial charge in [0.25, 0.3) is 5.91 Å². The molecule has 0 atom stereocenters. The fraction of sp³-hybridized carbons (Fsp3) is 0.0714. The van der Waals surface area contributed by atoms with Crippen molar-refractivity contribution in [1.29, 1.82) is 5.26 Å². The normalized spacial score (nSPS) is 10.3. The Hall–Kier alpha value is -2.87. The molecular formula is C14H11N3O2. The van der Waals surface area contributed by atoms with Gasteiger partial charge in [-0.1, -0.05) is 30.3 Å². The highest BCUT2D eigenvalue weighted by molar-refractivity contribution is 5.81. The summed E-state index contributed by atoms with van der Waals surface area (Å²) in [5.74, 6) is 0.801. The molecule has 0 saturated heterocycles. The number of hydrazone groups is 1. The highest BCUT2D eigenvalue weighted by atomic mass is 16.3. The first-order valence-electron chi connectivity index (χ1n) is 5.63. The number of amides is 1. The van der Waals surface area contributed by atoms with Crippen molar-refractivity contribution in [3.8, 4) is 17.4 Å². The van der Waals surface area contributed by atoms with Crippen molar-refractivity contribution in [2.75, 3.05) is 0 Å². The first-order chi connectivity index (χ1) is 9.29. The minimum atomic E-state index is -0.450. The Balaban J connectivity index is 2.00. The molecule has 0 bridgehead atoms. The van der Waals surface area contributed by atoms with E-state index in [1.54, 1.807) is 12.1 Å². The molecule has 1 N–H and O–H groups in total. The zero-order valence-corrected chi connectivity index (χ0v) is 10.0. The van der Waals surface area contributed by atoms with E-state index in [1.807, 2.05) is 36.4 Å². The number of nitriles is 1. The van der Waals surface area contributed by atoms with Crippen LogP contribution in [0.15, 0.2) is 52.0 Å². The van der Waals surface area contributed by atoms with Gasteiger partial charge in [0.05, 0.1) is 12.3 Å². The molecule has 5 nitrogen and oxygen atoms in total. The third-order valence-corrected chi connectivity index (χ3v) is 2.31. The molecular weight excluding hydrogens is 242 g/mol. The smallest absolute Gasteiger partial charge is 0.254 e. The molecule has 0 aliphatic carbocycles. The Morgan fingerprint density at radius 2 is 2.11 bits per heavy atom. The Morgan fingerprint density at radius 3 is 2.84 bits per heavy atom. The van der Waals surface area contributed by atoms with Gasteiger partial charge in [0.15, 0.2) is 0 Å².